The van der Waals surface area contributed by atoms with Gasteiger partial charge in [-0.25, -0.2) is 4.98 Å². The average Bonchev–Trinajstić information content (AvgIpc) is 3.12. The van der Waals surface area contributed by atoms with E-state index < -0.39 is 6.10 Å². The number of aliphatic hydroxyl groups excluding tert-OH is 1. The SMILES string of the molecule is CC(C)C(C)CC(O)c1nc(C(=O)NC(Cc2ccc(N)cc2)CC(C)(C)C)cs1. The molecule has 6 heteroatoms. The lowest BCUT2D eigenvalue weighted by molar-refractivity contribution is 0.0921. The summed E-state index contributed by atoms with van der Waals surface area (Å²) in [4.78, 5) is 17.3. The lowest BCUT2D eigenvalue weighted by Gasteiger charge is -2.27. The predicted octanol–water partition coefficient (Wildman–Crippen LogP) is 5.22. The van der Waals surface area contributed by atoms with Crippen LogP contribution in [0.3, 0.4) is 0 Å². The summed E-state index contributed by atoms with van der Waals surface area (Å²) < 4.78 is 0. The van der Waals surface area contributed by atoms with Gasteiger partial charge in [0.05, 0.1) is 0 Å². The molecule has 0 bridgehead atoms. The number of anilines is 1. The van der Waals surface area contributed by atoms with Crippen molar-refractivity contribution in [2.24, 2.45) is 17.3 Å². The van der Waals surface area contributed by atoms with E-state index in [0.717, 1.165) is 24.1 Å². The summed E-state index contributed by atoms with van der Waals surface area (Å²) in [7, 11) is 0. The highest BCUT2D eigenvalue weighted by atomic mass is 32.1. The molecule has 3 unspecified atom stereocenters. The third-order valence-electron chi connectivity index (χ3n) is 5.43. The van der Waals surface area contributed by atoms with E-state index in [1.165, 1.54) is 11.3 Å². The van der Waals surface area contributed by atoms with Gasteiger partial charge in [-0.2, -0.15) is 0 Å². The lowest BCUT2D eigenvalue weighted by Crippen LogP contribution is -2.39. The van der Waals surface area contributed by atoms with Gasteiger partial charge in [-0.3, -0.25) is 4.79 Å². The van der Waals surface area contributed by atoms with Crippen LogP contribution in [0.4, 0.5) is 5.69 Å². The van der Waals surface area contributed by atoms with Gasteiger partial charge in [0.25, 0.3) is 5.91 Å². The number of aromatic nitrogens is 1. The van der Waals surface area contributed by atoms with Gasteiger partial charge in [-0.15, -0.1) is 11.3 Å². The van der Waals surface area contributed by atoms with Crippen molar-refractivity contribution in [3.05, 3.63) is 45.9 Å². The first-order valence-electron chi connectivity index (χ1n) is 10.7. The highest BCUT2D eigenvalue weighted by molar-refractivity contribution is 7.09. The van der Waals surface area contributed by atoms with Crippen LogP contribution in [0.2, 0.25) is 0 Å². The maximum absolute atomic E-state index is 12.9. The molecule has 2 rings (SSSR count). The maximum atomic E-state index is 12.9. The zero-order chi connectivity index (χ0) is 22.5. The third-order valence-corrected chi connectivity index (χ3v) is 6.37. The zero-order valence-electron chi connectivity index (χ0n) is 19.1. The summed E-state index contributed by atoms with van der Waals surface area (Å²) in [6.07, 6.45) is 1.59. The number of nitrogens with two attached hydrogens (primary N) is 1. The molecule has 1 amide bonds. The van der Waals surface area contributed by atoms with Crippen LogP contribution in [0.5, 0.6) is 0 Å². The van der Waals surface area contributed by atoms with Crippen LogP contribution in [-0.4, -0.2) is 22.0 Å². The first-order valence-corrected chi connectivity index (χ1v) is 11.6. The van der Waals surface area contributed by atoms with Crippen molar-refractivity contribution in [2.45, 2.75) is 73.0 Å². The van der Waals surface area contributed by atoms with Gasteiger partial charge in [0, 0.05) is 17.1 Å². The number of thiazole rings is 1. The first-order chi connectivity index (χ1) is 13.9. The molecule has 0 aliphatic rings. The molecule has 0 aliphatic heterocycles. The van der Waals surface area contributed by atoms with E-state index in [1.807, 2.05) is 24.3 Å². The van der Waals surface area contributed by atoms with Crippen LogP contribution in [0.1, 0.15) is 81.5 Å². The van der Waals surface area contributed by atoms with E-state index in [-0.39, 0.29) is 17.4 Å². The second kappa shape index (κ2) is 10.4. The molecule has 1 aromatic heterocycles. The molecule has 0 spiro atoms. The molecule has 30 heavy (non-hydrogen) atoms. The van der Waals surface area contributed by atoms with Gasteiger partial charge in [-0.1, -0.05) is 53.7 Å². The predicted molar refractivity (Wildman–Crippen MR) is 126 cm³/mol. The van der Waals surface area contributed by atoms with Gasteiger partial charge in [-0.05, 0) is 54.2 Å². The average molecular weight is 432 g/mol. The van der Waals surface area contributed by atoms with Crippen molar-refractivity contribution in [2.75, 3.05) is 5.73 Å². The van der Waals surface area contributed by atoms with Crippen LogP contribution in [-0.2, 0) is 6.42 Å². The van der Waals surface area contributed by atoms with E-state index in [4.69, 9.17) is 5.73 Å². The van der Waals surface area contributed by atoms with Crippen LogP contribution < -0.4 is 11.1 Å². The second-order valence-corrected chi connectivity index (χ2v) is 10.8. The van der Waals surface area contributed by atoms with Crippen molar-refractivity contribution in [1.82, 2.24) is 10.3 Å². The maximum Gasteiger partial charge on any atom is 0.270 e. The number of carbonyl (C=O) groups excluding carboxylic acids is 1. The number of nitrogens with zero attached hydrogens (tertiary/aromatic N) is 1. The number of benzene rings is 1. The summed E-state index contributed by atoms with van der Waals surface area (Å²) in [5.74, 6) is 0.692. The third kappa shape index (κ3) is 7.73. The monoisotopic (exact) mass is 431 g/mol. The normalized spacial score (nSPS) is 15.1. The number of hydrogen-bond donors (Lipinski definition) is 3. The standard InChI is InChI=1S/C24H37N3O2S/c1-15(2)16(3)11-21(28)23-27-20(14-30-23)22(29)26-19(13-24(4,5)6)12-17-7-9-18(25)10-8-17/h7-10,14-16,19,21,28H,11-13,25H2,1-6H3,(H,26,29). The number of nitrogen functional groups attached to an aromatic ring is 1. The number of carbonyl (C=O) groups is 1. The van der Waals surface area contributed by atoms with Gasteiger partial charge in [0.2, 0.25) is 0 Å². The van der Waals surface area contributed by atoms with Gasteiger partial charge < -0.3 is 16.2 Å². The van der Waals surface area contributed by atoms with Crippen molar-refractivity contribution < 1.29 is 9.90 Å². The highest BCUT2D eigenvalue weighted by Crippen LogP contribution is 2.28. The topological polar surface area (TPSA) is 88.2 Å². The largest absolute Gasteiger partial charge is 0.399 e. The molecule has 166 valence electrons. The molecular weight excluding hydrogens is 394 g/mol. The van der Waals surface area contributed by atoms with Crippen LogP contribution >= 0.6 is 11.3 Å². The van der Waals surface area contributed by atoms with Crippen LogP contribution in [0.15, 0.2) is 29.6 Å². The number of amides is 1. The molecule has 0 fully saturated rings. The van der Waals surface area contributed by atoms with E-state index in [9.17, 15) is 9.90 Å². The Hall–Kier alpha value is -1.92. The minimum Gasteiger partial charge on any atom is -0.399 e. The van der Waals surface area contributed by atoms with Gasteiger partial charge >= 0.3 is 0 Å². The number of hydrogen-bond acceptors (Lipinski definition) is 5. The molecule has 1 heterocycles. The van der Waals surface area contributed by atoms with Gasteiger partial charge in [0.15, 0.2) is 0 Å². The smallest absolute Gasteiger partial charge is 0.270 e. The van der Waals surface area contributed by atoms with E-state index >= 15 is 0 Å². The Morgan fingerprint density at radius 1 is 1.20 bits per heavy atom. The minimum atomic E-state index is -0.630. The fourth-order valence-corrected chi connectivity index (χ4v) is 4.18. The van der Waals surface area contributed by atoms with Crippen molar-refractivity contribution in [1.29, 1.82) is 0 Å². The highest BCUT2D eigenvalue weighted by Gasteiger charge is 2.24. The Kier molecular flexibility index (Phi) is 8.44. The molecule has 3 atom stereocenters. The number of nitrogens with one attached hydrogen (secondary N) is 1. The molecular formula is C24H37N3O2S. The van der Waals surface area contributed by atoms with E-state index in [2.05, 4.69) is 51.8 Å². The number of rotatable bonds is 9. The van der Waals surface area contributed by atoms with Gasteiger partial charge in [0.1, 0.15) is 16.8 Å². The Labute approximate surface area is 185 Å². The lowest BCUT2D eigenvalue weighted by atomic mass is 9.85. The molecule has 1 aromatic carbocycles. The molecule has 0 saturated carbocycles. The van der Waals surface area contributed by atoms with Crippen molar-refractivity contribution >= 4 is 22.9 Å². The Morgan fingerprint density at radius 3 is 2.40 bits per heavy atom. The van der Waals surface area contributed by atoms with Crippen LogP contribution in [0, 0.1) is 17.3 Å². The summed E-state index contributed by atoms with van der Waals surface area (Å²) in [5.41, 5.74) is 8.11. The molecule has 4 N–H and O–H groups in total. The fourth-order valence-electron chi connectivity index (χ4n) is 3.38. The van der Waals surface area contributed by atoms with Crippen LogP contribution in [0.25, 0.3) is 0 Å². The molecule has 0 saturated heterocycles. The Morgan fingerprint density at radius 2 is 1.83 bits per heavy atom. The Bertz CT molecular complexity index is 809. The fraction of sp³-hybridized carbons (Fsp3) is 0.583. The quantitative estimate of drug-likeness (QED) is 0.475. The van der Waals surface area contributed by atoms with Crippen molar-refractivity contribution in [3.8, 4) is 0 Å². The van der Waals surface area contributed by atoms with E-state index in [1.54, 1.807) is 5.38 Å². The summed E-state index contributed by atoms with van der Waals surface area (Å²) in [6.45, 7) is 12.9. The molecule has 5 nitrogen and oxygen atoms in total. The van der Waals surface area contributed by atoms with Crippen molar-refractivity contribution in [3.63, 3.8) is 0 Å². The zero-order valence-corrected chi connectivity index (χ0v) is 19.9. The number of aliphatic hydroxyl groups is 1. The minimum absolute atomic E-state index is 0.0165. The molecule has 2 aromatic rings. The summed E-state index contributed by atoms with van der Waals surface area (Å²) in [5, 5.41) is 16.0. The molecule has 0 radical (unpaired) electrons. The summed E-state index contributed by atoms with van der Waals surface area (Å²) in [6, 6.07) is 7.77. The van der Waals surface area contributed by atoms with E-state index in [0.29, 0.717) is 29.0 Å². The summed E-state index contributed by atoms with van der Waals surface area (Å²) >= 11 is 1.35. The molecule has 0 aliphatic carbocycles. The first kappa shape index (κ1) is 24.4. The second-order valence-electron chi connectivity index (χ2n) is 9.92. The Balaban J connectivity index is 2.07.